The van der Waals surface area contributed by atoms with Crippen LogP contribution < -0.4 is 5.32 Å². The number of methoxy groups -OCH3 is 2. The van der Waals surface area contributed by atoms with E-state index in [4.69, 9.17) is 0 Å². The van der Waals surface area contributed by atoms with Crippen LogP contribution in [0, 0.1) is 21.7 Å². The summed E-state index contributed by atoms with van der Waals surface area (Å²) in [6.07, 6.45) is 0.642. The van der Waals surface area contributed by atoms with E-state index >= 15 is 0 Å². The van der Waals surface area contributed by atoms with E-state index in [-0.39, 0.29) is 0 Å². The average Bonchev–Trinajstić information content (AvgIpc) is 2.52. The maximum Gasteiger partial charge on any atom is 0.354 e. The number of carbonyl (C=O) groups excluding carboxylic acids is 2. The molecule has 1 aromatic carbocycles. The van der Waals surface area contributed by atoms with E-state index in [0.717, 1.165) is 14.2 Å². The summed E-state index contributed by atoms with van der Waals surface area (Å²) in [7, 11) is 2.02. The Balaban J connectivity index is 3.47. The van der Waals surface area contributed by atoms with Crippen molar-refractivity contribution in [3.63, 3.8) is 0 Å². The SMILES string of the molecule is COC(=O)/C=C(/Nc1c([N+](=O)[O-])cc(F)c(F)c1Br)C(=O)OC. The molecule has 1 aromatic rings. The highest BCUT2D eigenvalue weighted by atomic mass is 79.9. The molecule has 23 heavy (non-hydrogen) atoms. The number of nitro benzene ring substituents is 1. The summed E-state index contributed by atoms with van der Waals surface area (Å²) in [4.78, 5) is 32.8. The minimum absolute atomic E-state index is 0.329. The first kappa shape index (κ1) is 18.5. The molecule has 0 radical (unpaired) electrons. The molecule has 124 valence electrons. The van der Waals surface area contributed by atoms with Crippen LogP contribution >= 0.6 is 15.9 Å². The van der Waals surface area contributed by atoms with E-state index in [1.807, 2.05) is 0 Å². The zero-order chi connectivity index (χ0) is 17.7. The molecule has 1 rings (SSSR count). The van der Waals surface area contributed by atoms with Crippen molar-refractivity contribution in [2.24, 2.45) is 0 Å². The molecular formula is C12H9BrF2N2O6. The second-order valence-electron chi connectivity index (χ2n) is 3.84. The first-order chi connectivity index (χ1) is 10.7. The summed E-state index contributed by atoms with van der Waals surface area (Å²) < 4.78 is 35.0. The lowest BCUT2D eigenvalue weighted by Crippen LogP contribution is -2.17. The Morgan fingerprint density at radius 1 is 1.35 bits per heavy atom. The van der Waals surface area contributed by atoms with Gasteiger partial charge < -0.3 is 14.8 Å². The number of esters is 2. The highest BCUT2D eigenvalue weighted by molar-refractivity contribution is 9.10. The lowest BCUT2D eigenvalue weighted by Gasteiger charge is -2.12. The van der Waals surface area contributed by atoms with Gasteiger partial charge in [-0.2, -0.15) is 0 Å². The van der Waals surface area contributed by atoms with E-state index in [0.29, 0.717) is 12.1 Å². The Morgan fingerprint density at radius 3 is 2.43 bits per heavy atom. The second-order valence-corrected chi connectivity index (χ2v) is 4.63. The van der Waals surface area contributed by atoms with Gasteiger partial charge in [-0.1, -0.05) is 0 Å². The van der Waals surface area contributed by atoms with Crippen molar-refractivity contribution in [3.05, 3.63) is 44.1 Å². The largest absolute Gasteiger partial charge is 0.466 e. The van der Waals surface area contributed by atoms with E-state index in [1.165, 1.54) is 0 Å². The predicted molar refractivity (Wildman–Crippen MR) is 76.5 cm³/mol. The summed E-state index contributed by atoms with van der Waals surface area (Å²) in [6.45, 7) is 0. The van der Waals surface area contributed by atoms with Gasteiger partial charge >= 0.3 is 11.9 Å². The number of nitrogens with one attached hydrogen (secondary N) is 1. The van der Waals surface area contributed by atoms with Crippen LogP contribution in [0.4, 0.5) is 20.2 Å². The van der Waals surface area contributed by atoms with Crippen LogP contribution in [0.25, 0.3) is 0 Å². The zero-order valence-corrected chi connectivity index (χ0v) is 13.3. The number of nitrogens with zero attached hydrogens (tertiary/aromatic N) is 1. The van der Waals surface area contributed by atoms with Crippen LogP contribution in [0.3, 0.4) is 0 Å². The van der Waals surface area contributed by atoms with Gasteiger partial charge in [0.15, 0.2) is 11.6 Å². The van der Waals surface area contributed by atoms with Gasteiger partial charge in [0.25, 0.3) is 5.69 Å². The average molecular weight is 395 g/mol. The lowest BCUT2D eigenvalue weighted by molar-refractivity contribution is -0.384. The smallest absolute Gasteiger partial charge is 0.354 e. The quantitative estimate of drug-likeness (QED) is 0.268. The van der Waals surface area contributed by atoms with Crippen LogP contribution in [0.1, 0.15) is 0 Å². The summed E-state index contributed by atoms with van der Waals surface area (Å²) in [6, 6.07) is 0.329. The molecule has 0 aromatic heterocycles. The fourth-order valence-electron chi connectivity index (χ4n) is 1.41. The predicted octanol–water partition coefficient (Wildman–Crippen LogP) is 2.28. The molecule has 8 nitrogen and oxygen atoms in total. The molecule has 0 unspecified atom stereocenters. The van der Waals surface area contributed by atoms with Crippen molar-refractivity contribution >= 4 is 39.2 Å². The van der Waals surface area contributed by atoms with Crippen molar-refractivity contribution in [1.82, 2.24) is 0 Å². The minimum atomic E-state index is -1.47. The monoisotopic (exact) mass is 394 g/mol. The van der Waals surface area contributed by atoms with Crippen LogP contribution in [-0.2, 0) is 19.1 Å². The molecule has 1 N–H and O–H groups in total. The number of nitro groups is 1. The third-order valence-electron chi connectivity index (χ3n) is 2.47. The molecule has 0 aliphatic rings. The van der Waals surface area contributed by atoms with E-state index in [9.17, 15) is 28.5 Å². The lowest BCUT2D eigenvalue weighted by atomic mass is 10.2. The molecule has 0 atom stereocenters. The summed E-state index contributed by atoms with van der Waals surface area (Å²) in [5, 5.41) is 13.1. The Labute approximate surface area is 136 Å². The first-order valence-corrected chi connectivity index (χ1v) is 6.49. The normalized spacial score (nSPS) is 10.9. The fourth-order valence-corrected chi connectivity index (χ4v) is 1.90. The minimum Gasteiger partial charge on any atom is -0.466 e. The maximum atomic E-state index is 13.6. The first-order valence-electron chi connectivity index (χ1n) is 5.69. The van der Waals surface area contributed by atoms with Crippen molar-refractivity contribution in [1.29, 1.82) is 0 Å². The van der Waals surface area contributed by atoms with E-state index < -0.39 is 50.0 Å². The van der Waals surface area contributed by atoms with Gasteiger partial charge in [-0.25, -0.2) is 18.4 Å². The summed E-state index contributed by atoms with van der Waals surface area (Å²) in [5.41, 5.74) is -2.01. The van der Waals surface area contributed by atoms with Gasteiger partial charge in [-0.05, 0) is 15.9 Å². The molecule has 0 heterocycles. The number of rotatable bonds is 5. The fraction of sp³-hybridized carbons (Fsp3) is 0.167. The molecule has 0 saturated carbocycles. The molecule has 0 aliphatic carbocycles. The van der Waals surface area contributed by atoms with Gasteiger partial charge in [0, 0.05) is 0 Å². The highest BCUT2D eigenvalue weighted by Gasteiger charge is 2.26. The third-order valence-corrected chi connectivity index (χ3v) is 3.21. The van der Waals surface area contributed by atoms with Gasteiger partial charge in [0.1, 0.15) is 11.4 Å². The zero-order valence-electron chi connectivity index (χ0n) is 11.7. The molecule has 0 saturated heterocycles. The molecule has 0 fully saturated rings. The Hall–Kier alpha value is -2.56. The maximum absolute atomic E-state index is 13.6. The number of anilines is 1. The van der Waals surface area contributed by atoms with Crippen molar-refractivity contribution in [3.8, 4) is 0 Å². The third kappa shape index (κ3) is 4.22. The molecule has 0 aliphatic heterocycles. The van der Waals surface area contributed by atoms with Crippen LogP contribution in [0.2, 0.25) is 0 Å². The molecule has 0 bridgehead atoms. The van der Waals surface area contributed by atoms with Gasteiger partial charge in [0.2, 0.25) is 0 Å². The summed E-state index contributed by atoms with van der Waals surface area (Å²) >= 11 is 2.66. The highest BCUT2D eigenvalue weighted by Crippen LogP contribution is 2.37. The second kappa shape index (κ2) is 7.63. The number of benzene rings is 1. The number of hydrogen-bond donors (Lipinski definition) is 1. The number of carbonyl (C=O) groups is 2. The Bertz CT molecular complexity index is 707. The van der Waals surface area contributed by atoms with E-state index in [2.05, 4.69) is 30.7 Å². The van der Waals surface area contributed by atoms with Crippen molar-refractivity contribution in [2.75, 3.05) is 19.5 Å². The standard InChI is InChI=1S/C12H9BrF2N2O6/c1-22-8(18)4-6(12(19)23-2)16-11-7(17(20)21)3-5(14)10(15)9(11)13/h3-4,16H,1-2H3/b6-4+. The van der Waals surface area contributed by atoms with Crippen LogP contribution in [-0.4, -0.2) is 31.1 Å². The van der Waals surface area contributed by atoms with Gasteiger partial charge in [-0.15, -0.1) is 0 Å². The van der Waals surface area contributed by atoms with Crippen molar-refractivity contribution in [2.45, 2.75) is 0 Å². The Kier molecular flexibility index (Phi) is 6.13. The van der Waals surface area contributed by atoms with Crippen LogP contribution in [0.15, 0.2) is 22.3 Å². The van der Waals surface area contributed by atoms with Gasteiger partial charge in [-0.3, -0.25) is 10.1 Å². The number of hydrogen-bond acceptors (Lipinski definition) is 7. The van der Waals surface area contributed by atoms with Crippen molar-refractivity contribution < 1.29 is 32.8 Å². The van der Waals surface area contributed by atoms with E-state index in [1.54, 1.807) is 0 Å². The Morgan fingerprint density at radius 2 is 1.96 bits per heavy atom. The topological polar surface area (TPSA) is 108 Å². The number of halogens is 3. The summed E-state index contributed by atoms with van der Waals surface area (Å²) in [5.74, 6) is -4.94. The van der Waals surface area contributed by atoms with Crippen LogP contribution in [0.5, 0.6) is 0 Å². The molecule has 11 heteroatoms. The molecule has 0 amide bonds. The molecular weight excluding hydrogens is 386 g/mol. The van der Waals surface area contributed by atoms with Gasteiger partial charge in [0.05, 0.1) is 35.8 Å². The number of ether oxygens (including phenoxy) is 2. The molecule has 0 spiro atoms.